The Labute approximate surface area is 115 Å². The van der Waals surface area contributed by atoms with Crippen LogP contribution in [0.5, 0.6) is 0 Å². The van der Waals surface area contributed by atoms with Gasteiger partial charge in [-0.05, 0) is 23.3 Å². The SMILES string of the molecule is O=[N+]([O-])c1cccc(-c2ccnc(C3OCCO3)c2)c1. The summed E-state index contributed by atoms with van der Waals surface area (Å²) >= 11 is 0. The van der Waals surface area contributed by atoms with Gasteiger partial charge in [0.15, 0.2) is 0 Å². The van der Waals surface area contributed by atoms with Crippen LogP contribution in [0.25, 0.3) is 11.1 Å². The Bertz CT molecular complexity index is 639. The number of rotatable bonds is 3. The van der Waals surface area contributed by atoms with Crippen LogP contribution in [0.15, 0.2) is 42.6 Å². The Morgan fingerprint density at radius 1 is 1.15 bits per heavy atom. The minimum atomic E-state index is -0.450. The van der Waals surface area contributed by atoms with Gasteiger partial charge in [0, 0.05) is 18.3 Å². The van der Waals surface area contributed by atoms with Crippen molar-refractivity contribution < 1.29 is 14.4 Å². The third-order valence-corrected chi connectivity index (χ3v) is 3.03. The summed E-state index contributed by atoms with van der Waals surface area (Å²) < 4.78 is 10.8. The summed E-state index contributed by atoms with van der Waals surface area (Å²) in [5, 5.41) is 10.8. The second-order valence-corrected chi connectivity index (χ2v) is 4.35. The summed E-state index contributed by atoms with van der Waals surface area (Å²) in [5.74, 6) is 0. The normalized spacial score (nSPS) is 15.4. The van der Waals surface area contributed by atoms with Gasteiger partial charge in [-0.15, -0.1) is 0 Å². The Morgan fingerprint density at radius 3 is 2.65 bits per heavy atom. The maximum Gasteiger partial charge on any atom is 0.270 e. The molecule has 0 N–H and O–H groups in total. The standard InChI is InChI=1S/C14H12N2O4/c17-16(18)12-3-1-2-10(8-12)11-4-5-15-13(9-11)14-19-6-7-20-14/h1-5,8-9,14H,6-7H2. The molecule has 0 saturated carbocycles. The van der Waals surface area contributed by atoms with E-state index in [4.69, 9.17) is 9.47 Å². The Hall–Kier alpha value is -2.31. The highest BCUT2D eigenvalue weighted by Crippen LogP contribution is 2.27. The monoisotopic (exact) mass is 272 g/mol. The molecule has 0 spiro atoms. The molecule has 2 heterocycles. The summed E-state index contributed by atoms with van der Waals surface area (Å²) in [6, 6.07) is 10.1. The summed E-state index contributed by atoms with van der Waals surface area (Å²) in [6.45, 7) is 1.10. The highest BCUT2D eigenvalue weighted by atomic mass is 16.7. The first-order valence-electron chi connectivity index (χ1n) is 6.18. The van der Waals surface area contributed by atoms with Crippen molar-refractivity contribution in [2.24, 2.45) is 0 Å². The summed E-state index contributed by atoms with van der Waals surface area (Å²) in [7, 11) is 0. The average molecular weight is 272 g/mol. The number of aromatic nitrogens is 1. The van der Waals surface area contributed by atoms with Crippen LogP contribution >= 0.6 is 0 Å². The molecule has 1 aromatic carbocycles. The van der Waals surface area contributed by atoms with Gasteiger partial charge in [0.1, 0.15) is 0 Å². The number of non-ortho nitro benzene ring substituents is 1. The molecular weight excluding hydrogens is 260 g/mol. The van der Waals surface area contributed by atoms with E-state index in [1.165, 1.54) is 12.1 Å². The van der Waals surface area contributed by atoms with E-state index >= 15 is 0 Å². The van der Waals surface area contributed by atoms with E-state index in [1.807, 2.05) is 12.1 Å². The smallest absolute Gasteiger partial charge is 0.270 e. The van der Waals surface area contributed by atoms with Crippen LogP contribution in [0.1, 0.15) is 12.0 Å². The Morgan fingerprint density at radius 2 is 1.90 bits per heavy atom. The van der Waals surface area contributed by atoms with Crippen LogP contribution in [-0.2, 0) is 9.47 Å². The molecule has 1 aliphatic heterocycles. The van der Waals surface area contributed by atoms with Crippen molar-refractivity contribution in [3.63, 3.8) is 0 Å². The fourth-order valence-corrected chi connectivity index (χ4v) is 2.09. The number of ether oxygens (including phenoxy) is 2. The van der Waals surface area contributed by atoms with Crippen molar-refractivity contribution in [2.45, 2.75) is 6.29 Å². The van der Waals surface area contributed by atoms with Gasteiger partial charge in [-0.3, -0.25) is 15.1 Å². The lowest BCUT2D eigenvalue weighted by Gasteiger charge is -2.09. The van der Waals surface area contributed by atoms with Crippen LogP contribution in [0, 0.1) is 10.1 Å². The third kappa shape index (κ3) is 2.52. The molecule has 1 saturated heterocycles. The summed E-state index contributed by atoms with van der Waals surface area (Å²) in [4.78, 5) is 14.6. The zero-order valence-electron chi connectivity index (χ0n) is 10.6. The molecule has 102 valence electrons. The Kier molecular flexibility index (Phi) is 3.41. The molecule has 3 rings (SSSR count). The number of nitro groups is 1. The number of pyridine rings is 1. The van der Waals surface area contributed by atoms with Gasteiger partial charge >= 0.3 is 0 Å². The van der Waals surface area contributed by atoms with E-state index in [2.05, 4.69) is 4.98 Å². The van der Waals surface area contributed by atoms with Gasteiger partial charge in [0.2, 0.25) is 6.29 Å². The van der Waals surface area contributed by atoms with Gasteiger partial charge < -0.3 is 9.47 Å². The van der Waals surface area contributed by atoms with E-state index in [1.54, 1.807) is 18.3 Å². The minimum absolute atomic E-state index is 0.0641. The van der Waals surface area contributed by atoms with Crippen molar-refractivity contribution in [3.05, 3.63) is 58.4 Å². The van der Waals surface area contributed by atoms with Crippen molar-refractivity contribution in [1.82, 2.24) is 4.98 Å². The van der Waals surface area contributed by atoms with E-state index in [0.29, 0.717) is 18.9 Å². The summed E-state index contributed by atoms with van der Waals surface area (Å²) in [6.07, 6.45) is 1.20. The molecule has 1 fully saturated rings. The van der Waals surface area contributed by atoms with Crippen molar-refractivity contribution in [3.8, 4) is 11.1 Å². The van der Waals surface area contributed by atoms with E-state index in [9.17, 15) is 10.1 Å². The first-order valence-corrected chi connectivity index (χ1v) is 6.18. The summed E-state index contributed by atoms with van der Waals surface area (Å²) in [5.41, 5.74) is 2.35. The van der Waals surface area contributed by atoms with Crippen LogP contribution < -0.4 is 0 Å². The van der Waals surface area contributed by atoms with Crippen LogP contribution in [0.2, 0.25) is 0 Å². The maximum atomic E-state index is 10.8. The highest BCUT2D eigenvalue weighted by Gasteiger charge is 2.20. The molecule has 1 aromatic heterocycles. The second-order valence-electron chi connectivity index (χ2n) is 4.35. The topological polar surface area (TPSA) is 74.5 Å². The lowest BCUT2D eigenvalue weighted by molar-refractivity contribution is -0.384. The zero-order chi connectivity index (χ0) is 13.9. The second kappa shape index (κ2) is 5.36. The number of benzene rings is 1. The minimum Gasteiger partial charge on any atom is -0.345 e. The predicted octanol–water partition coefficient (Wildman–Crippen LogP) is 2.70. The lowest BCUT2D eigenvalue weighted by Crippen LogP contribution is -2.01. The Balaban J connectivity index is 1.95. The molecule has 0 atom stereocenters. The van der Waals surface area contributed by atoms with Crippen molar-refractivity contribution in [1.29, 1.82) is 0 Å². The molecule has 6 nitrogen and oxygen atoms in total. The molecule has 1 aliphatic rings. The largest absolute Gasteiger partial charge is 0.345 e. The third-order valence-electron chi connectivity index (χ3n) is 3.03. The molecule has 0 radical (unpaired) electrons. The molecule has 0 aliphatic carbocycles. The van der Waals surface area contributed by atoms with E-state index in [-0.39, 0.29) is 5.69 Å². The number of hydrogen-bond donors (Lipinski definition) is 0. The van der Waals surface area contributed by atoms with Crippen LogP contribution in [-0.4, -0.2) is 23.1 Å². The molecule has 2 aromatic rings. The van der Waals surface area contributed by atoms with Crippen LogP contribution in [0.4, 0.5) is 5.69 Å². The maximum absolute atomic E-state index is 10.8. The molecule has 0 unspecified atom stereocenters. The predicted molar refractivity (Wildman–Crippen MR) is 71.0 cm³/mol. The van der Waals surface area contributed by atoms with Gasteiger partial charge in [0.25, 0.3) is 5.69 Å². The molecule has 20 heavy (non-hydrogen) atoms. The fraction of sp³-hybridized carbons (Fsp3) is 0.214. The quantitative estimate of drug-likeness (QED) is 0.634. The van der Waals surface area contributed by atoms with Crippen LogP contribution in [0.3, 0.4) is 0 Å². The van der Waals surface area contributed by atoms with Crippen molar-refractivity contribution in [2.75, 3.05) is 13.2 Å². The van der Waals surface area contributed by atoms with Gasteiger partial charge in [-0.25, -0.2) is 0 Å². The van der Waals surface area contributed by atoms with Crippen molar-refractivity contribution >= 4 is 5.69 Å². The molecule has 0 amide bonds. The van der Waals surface area contributed by atoms with Gasteiger partial charge in [-0.2, -0.15) is 0 Å². The molecule has 0 bridgehead atoms. The average Bonchev–Trinajstić information content (AvgIpc) is 3.02. The number of nitrogens with zero attached hydrogens (tertiary/aromatic N) is 2. The molecular formula is C14H12N2O4. The first kappa shape index (κ1) is 12.7. The van der Waals surface area contributed by atoms with E-state index < -0.39 is 11.2 Å². The van der Waals surface area contributed by atoms with Gasteiger partial charge in [0.05, 0.1) is 23.8 Å². The van der Waals surface area contributed by atoms with Gasteiger partial charge in [-0.1, -0.05) is 12.1 Å². The number of nitro benzene ring substituents is 1. The number of hydrogen-bond acceptors (Lipinski definition) is 5. The molecule has 6 heteroatoms. The lowest BCUT2D eigenvalue weighted by atomic mass is 10.1. The highest BCUT2D eigenvalue weighted by molar-refractivity contribution is 5.66. The fourth-order valence-electron chi connectivity index (χ4n) is 2.09. The van der Waals surface area contributed by atoms with E-state index in [0.717, 1.165) is 11.1 Å². The zero-order valence-corrected chi connectivity index (χ0v) is 10.6. The first-order chi connectivity index (χ1) is 9.74.